The molecule has 8 heteroatoms. The Labute approximate surface area is 102 Å². The molecular formula is C10H11N5O3. The maximum absolute atomic E-state index is 11.8. The second-order valence-corrected chi connectivity index (χ2v) is 3.91. The highest BCUT2D eigenvalue weighted by Crippen LogP contribution is 2.14. The van der Waals surface area contributed by atoms with Gasteiger partial charge in [0.2, 0.25) is 0 Å². The summed E-state index contributed by atoms with van der Waals surface area (Å²) < 4.78 is 2.44. The molecule has 0 atom stereocenters. The van der Waals surface area contributed by atoms with E-state index in [-0.39, 0.29) is 23.8 Å². The van der Waals surface area contributed by atoms with Crippen molar-refractivity contribution in [3.8, 4) is 0 Å². The van der Waals surface area contributed by atoms with Crippen LogP contribution in [0.25, 0.3) is 0 Å². The predicted molar refractivity (Wildman–Crippen MR) is 61.2 cm³/mol. The summed E-state index contributed by atoms with van der Waals surface area (Å²) in [6, 6.07) is 0. The van der Waals surface area contributed by atoms with E-state index in [4.69, 9.17) is 0 Å². The fraction of sp³-hybridized carbons (Fsp3) is 0.300. The molecule has 0 bridgehead atoms. The standard InChI is InChI=1S/C10H11N5O3/c1-7-3-11-14(4-7)10(16)6-13-5-9(15(17)18)8(2)12-13/h3-5H,6H2,1-2H3. The van der Waals surface area contributed by atoms with Gasteiger partial charge in [0.25, 0.3) is 5.91 Å². The maximum Gasteiger partial charge on any atom is 0.309 e. The number of aryl methyl sites for hydroxylation is 2. The molecule has 94 valence electrons. The SMILES string of the molecule is Cc1cnn(C(=O)Cn2cc([N+](=O)[O-])c(C)n2)c1. The van der Waals surface area contributed by atoms with Crippen molar-refractivity contribution in [3.05, 3.63) is 40.0 Å². The Kier molecular flexibility index (Phi) is 2.92. The van der Waals surface area contributed by atoms with E-state index in [9.17, 15) is 14.9 Å². The first-order valence-electron chi connectivity index (χ1n) is 5.20. The summed E-state index contributed by atoms with van der Waals surface area (Å²) in [5.41, 5.74) is 1.05. The number of rotatable bonds is 3. The summed E-state index contributed by atoms with van der Waals surface area (Å²) in [5.74, 6) is -0.305. The van der Waals surface area contributed by atoms with Gasteiger partial charge in [-0.05, 0) is 19.4 Å². The van der Waals surface area contributed by atoms with Crippen LogP contribution in [-0.4, -0.2) is 30.4 Å². The Bertz CT molecular complexity index is 613. The lowest BCUT2D eigenvalue weighted by Gasteiger charge is -1.99. The molecule has 0 saturated heterocycles. The monoisotopic (exact) mass is 249 g/mol. The van der Waals surface area contributed by atoms with Crippen LogP contribution in [0.1, 0.15) is 16.1 Å². The minimum Gasteiger partial charge on any atom is -0.270 e. The molecule has 18 heavy (non-hydrogen) atoms. The molecule has 0 aliphatic heterocycles. The summed E-state index contributed by atoms with van der Waals surface area (Å²) in [6.07, 6.45) is 4.39. The first-order chi connectivity index (χ1) is 8.47. The van der Waals surface area contributed by atoms with E-state index >= 15 is 0 Å². The molecule has 0 radical (unpaired) electrons. The molecule has 8 nitrogen and oxygen atoms in total. The van der Waals surface area contributed by atoms with Gasteiger partial charge >= 0.3 is 5.69 Å². The molecule has 0 unspecified atom stereocenters. The van der Waals surface area contributed by atoms with E-state index in [1.54, 1.807) is 12.4 Å². The van der Waals surface area contributed by atoms with Gasteiger partial charge in [-0.1, -0.05) is 0 Å². The third-order valence-electron chi connectivity index (χ3n) is 2.38. The molecule has 0 aliphatic carbocycles. The van der Waals surface area contributed by atoms with Gasteiger partial charge in [0, 0.05) is 6.20 Å². The van der Waals surface area contributed by atoms with Crippen molar-refractivity contribution in [3.63, 3.8) is 0 Å². The lowest BCUT2D eigenvalue weighted by molar-refractivity contribution is -0.385. The van der Waals surface area contributed by atoms with Gasteiger partial charge in [-0.25, -0.2) is 4.68 Å². The summed E-state index contributed by atoms with van der Waals surface area (Å²) in [4.78, 5) is 21.9. The van der Waals surface area contributed by atoms with Crippen molar-refractivity contribution in [2.45, 2.75) is 20.4 Å². The van der Waals surface area contributed by atoms with Gasteiger partial charge < -0.3 is 0 Å². The number of carbonyl (C=O) groups excluding carboxylic acids is 1. The third kappa shape index (κ3) is 2.26. The van der Waals surface area contributed by atoms with Crippen molar-refractivity contribution >= 4 is 11.6 Å². The van der Waals surface area contributed by atoms with Gasteiger partial charge in [-0.2, -0.15) is 10.2 Å². The first kappa shape index (κ1) is 12.0. The topological polar surface area (TPSA) is 95.8 Å². The van der Waals surface area contributed by atoms with Crippen LogP contribution in [0.3, 0.4) is 0 Å². The number of hydrogen-bond donors (Lipinski definition) is 0. The molecule has 0 spiro atoms. The van der Waals surface area contributed by atoms with Crippen molar-refractivity contribution in [2.24, 2.45) is 0 Å². The Morgan fingerprint density at radius 2 is 2.17 bits per heavy atom. The van der Waals surface area contributed by atoms with Crippen molar-refractivity contribution in [2.75, 3.05) is 0 Å². The normalized spacial score (nSPS) is 10.6. The van der Waals surface area contributed by atoms with Crippen LogP contribution < -0.4 is 0 Å². The van der Waals surface area contributed by atoms with Gasteiger partial charge in [-0.15, -0.1) is 0 Å². The summed E-state index contributed by atoms with van der Waals surface area (Å²) in [5, 5.41) is 18.4. The average Bonchev–Trinajstić information content (AvgIpc) is 2.85. The van der Waals surface area contributed by atoms with Crippen LogP contribution >= 0.6 is 0 Å². The van der Waals surface area contributed by atoms with E-state index in [0.717, 1.165) is 5.56 Å². The highest BCUT2D eigenvalue weighted by Gasteiger charge is 2.17. The second-order valence-electron chi connectivity index (χ2n) is 3.91. The molecule has 2 rings (SSSR count). The van der Waals surface area contributed by atoms with Gasteiger partial charge in [0.1, 0.15) is 18.4 Å². The quantitative estimate of drug-likeness (QED) is 0.596. The van der Waals surface area contributed by atoms with Crippen molar-refractivity contribution < 1.29 is 9.72 Å². The zero-order chi connectivity index (χ0) is 13.3. The van der Waals surface area contributed by atoms with E-state index in [2.05, 4.69) is 10.2 Å². The first-order valence-corrected chi connectivity index (χ1v) is 5.20. The average molecular weight is 249 g/mol. The van der Waals surface area contributed by atoms with Crippen LogP contribution in [0, 0.1) is 24.0 Å². The number of nitro groups is 1. The maximum atomic E-state index is 11.8. The van der Waals surface area contributed by atoms with E-state index in [0.29, 0.717) is 0 Å². The minimum absolute atomic E-state index is 0.0875. The van der Waals surface area contributed by atoms with Crippen LogP contribution in [0.2, 0.25) is 0 Å². The Hall–Kier alpha value is -2.51. The van der Waals surface area contributed by atoms with E-state index < -0.39 is 4.92 Å². The fourth-order valence-electron chi connectivity index (χ4n) is 1.53. The number of nitrogens with zero attached hydrogens (tertiary/aromatic N) is 5. The van der Waals surface area contributed by atoms with Gasteiger partial charge in [0.15, 0.2) is 0 Å². The van der Waals surface area contributed by atoms with Crippen LogP contribution in [0.5, 0.6) is 0 Å². The van der Waals surface area contributed by atoms with E-state index in [1.165, 1.54) is 22.5 Å². The van der Waals surface area contributed by atoms with E-state index in [1.807, 2.05) is 6.92 Å². The predicted octanol–water partition coefficient (Wildman–Crippen LogP) is 0.945. The summed E-state index contributed by atoms with van der Waals surface area (Å²) in [6.45, 7) is 3.26. The second kappa shape index (κ2) is 4.40. The number of carbonyl (C=O) groups is 1. The third-order valence-corrected chi connectivity index (χ3v) is 2.38. The fourth-order valence-corrected chi connectivity index (χ4v) is 1.53. The van der Waals surface area contributed by atoms with Crippen molar-refractivity contribution in [1.29, 1.82) is 0 Å². The summed E-state index contributed by atoms with van der Waals surface area (Å²) >= 11 is 0. The smallest absolute Gasteiger partial charge is 0.270 e. The highest BCUT2D eigenvalue weighted by molar-refractivity contribution is 5.77. The van der Waals surface area contributed by atoms with Gasteiger partial charge in [0.05, 0.1) is 11.1 Å². The molecule has 0 amide bonds. The minimum atomic E-state index is -0.526. The summed E-state index contributed by atoms with van der Waals surface area (Å²) in [7, 11) is 0. The number of hydrogen-bond acceptors (Lipinski definition) is 5. The molecule has 2 aromatic heterocycles. The molecular weight excluding hydrogens is 238 g/mol. The Morgan fingerprint density at radius 3 is 2.67 bits per heavy atom. The number of aromatic nitrogens is 4. The zero-order valence-electron chi connectivity index (χ0n) is 9.90. The molecule has 0 saturated carbocycles. The molecule has 0 aromatic carbocycles. The zero-order valence-corrected chi connectivity index (χ0v) is 9.90. The van der Waals surface area contributed by atoms with Crippen LogP contribution in [-0.2, 0) is 6.54 Å². The van der Waals surface area contributed by atoms with Crippen LogP contribution in [0.15, 0.2) is 18.6 Å². The molecule has 2 heterocycles. The van der Waals surface area contributed by atoms with Gasteiger partial charge in [-0.3, -0.25) is 19.6 Å². The van der Waals surface area contributed by atoms with Crippen molar-refractivity contribution in [1.82, 2.24) is 19.6 Å². The molecule has 2 aromatic rings. The van der Waals surface area contributed by atoms with Crippen LogP contribution in [0.4, 0.5) is 5.69 Å². The highest BCUT2D eigenvalue weighted by atomic mass is 16.6. The molecule has 0 N–H and O–H groups in total. The molecule has 0 fully saturated rings. The lowest BCUT2D eigenvalue weighted by Crippen LogP contribution is -2.18. The Morgan fingerprint density at radius 1 is 1.44 bits per heavy atom. The lowest BCUT2D eigenvalue weighted by atomic mass is 10.4. The molecule has 0 aliphatic rings. The Balaban J connectivity index is 2.17. The largest absolute Gasteiger partial charge is 0.309 e.